The number of fused-ring (bicyclic) bond motifs is 1. The van der Waals surface area contributed by atoms with E-state index in [4.69, 9.17) is 10.5 Å². The van der Waals surface area contributed by atoms with Gasteiger partial charge in [-0.1, -0.05) is 12.1 Å². The molecule has 0 aliphatic heterocycles. The molecule has 0 radical (unpaired) electrons. The van der Waals surface area contributed by atoms with E-state index in [0.717, 1.165) is 22.8 Å². The predicted molar refractivity (Wildman–Crippen MR) is 73.2 cm³/mol. The highest BCUT2D eigenvalue weighted by Gasteiger charge is 2.07. The predicted octanol–water partition coefficient (Wildman–Crippen LogP) is 1.91. The van der Waals surface area contributed by atoms with Crippen molar-refractivity contribution >= 4 is 11.3 Å². The third-order valence-electron chi connectivity index (χ3n) is 2.99. The summed E-state index contributed by atoms with van der Waals surface area (Å²) in [6.45, 7) is 0. The van der Waals surface area contributed by atoms with E-state index < -0.39 is 0 Å². The maximum absolute atomic E-state index is 5.79. The lowest BCUT2D eigenvalue weighted by atomic mass is 10.1. The number of hydrogen-bond donors (Lipinski definition) is 1. The van der Waals surface area contributed by atoms with Crippen LogP contribution in [0.3, 0.4) is 0 Å². The summed E-state index contributed by atoms with van der Waals surface area (Å²) in [5.74, 6) is 1.70. The monoisotopic (exact) mass is 254 g/mol. The Labute approximate surface area is 110 Å². The molecule has 3 rings (SSSR count). The molecule has 5 nitrogen and oxygen atoms in total. The second-order valence-electron chi connectivity index (χ2n) is 4.34. The molecule has 19 heavy (non-hydrogen) atoms. The summed E-state index contributed by atoms with van der Waals surface area (Å²) < 4.78 is 7.13. The summed E-state index contributed by atoms with van der Waals surface area (Å²) in [5, 5.41) is 8.33. The number of nitrogen functional groups attached to an aromatic ring is 1. The molecule has 0 fully saturated rings. The number of nitrogens with two attached hydrogens (primary N) is 1. The number of benzene rings is 1. The number of pyridine rings is 1. The number of hydrogen-bond acceptors (Lipinski definition) is 4. The minimum absolute atomic E-state index is 0.682. The molecule has 0 aliphatic carbocycles. The fourth-order valence-corrected chi connectivity index (χ4v) is 2.04. The first-order chi connectivity index (χ1) is 9.26. The zero-order chi connectivity index (χ0) is 13.2. The van der Waals surface area contributed by atoms with E-state index >= 15 is 0 Å². The van der Waals surface area contributed by atoms with Crippen LogP contribution in [0.4, 0.5) is 5.69 Å². The van der Waals surface area contributed by atoms with Crippen LogP contribution in [-0.4, -0.2) is 21.7 Å². The van der Waals surface area contributed by atoms with Crippen LogP contribution in [0.5, 0.6) is 5.75 Å². The Balaban J connectivity index is 1.98. The van der Waals surface area contributed by atoms with Gasteiger partial charge in [-0.15, -0.1) is 10.2 Å². The SMILES string of the molecule is COc1cccc(Cc2nnc3ccc(N)cn23)c1. The molecular weight excluding hydrogens is 240 g/mol. The van der Waals surface area contributed by atoms with Crippen LogP contribution in [0.15, 0.2) is 42.6 Å². The summed E-state index contributed by atoms with van der Waals surface area (Å²) in [5.41, 5.74) is 8.41. The smallest absolute Gasteiger partial charge is 0.160 e. The Kier molecular flexibility index (Phi) is 2.79. The lowest BCUT2D eigenvalue weighted by Crippen LogP contribution is -1.98. The van der Waals surface area contributed by atoms with Gasteiger partial charge in [0, 0.05) is 18.3 Å². The third-order valence-corrected chi connectivity index (χ3v) is 2.99. The van der Waals surface area contributed by atoms with Gasteiger partial charge in [-0.25, -0.2) is 0 Å². The molecule has 0 amide bonds. The second-order valence-corrected chi connectivity index (χ2v) is 4.34. The van der Waals surface area contributed by atoms with Crippen molar-refractivity contribution in [2.75, 3.05) is 12.8 Å². The molecule has 0 saturated carbocycles. The molecule has 0 bridgehead atoms. The van der Waals surface area contributed by atoms with E-state index in [1.807, 2.05) is 47.0 Å². The molecule has 2 heterocycles. The van der Waals surface area contributed by atoms with Crippen molar-refractivity contribution in [3.63, 3.8) is 0 Å². The topological polar surface area (TPSA) is 65.4 Å². The fraction of sp³-hybridized carbons (Fsp3) is 0.143. The van der Waals surface area contributed by atoms with Crippen molar-refractivity contribution in [1.29, 1.82) is 0 Å². The van der Waals surface area contributed by atoms with Crippen molar-refractivity contribution in [1.82, 2.24) is 14.6 Å². The van der Waals surface area contributed by atoms with Crippen LogP contribution in [0.2, 0.25) is 0 Å². The molecule has 3 aromatic rings. The molecule has 1 aromatic carbocycles. The summed E-state index contributed by atoms with van der Waals surface area (Å²) in [6, 6.07) is 11.6. The van der Waals surface area contributed by atoms with Crippen LogP contribution in [0, 0.1) is 0 Å². The third kappa shape index (κ3) is 2.22. The average molecular weight is 254 g/mol. The number of ether oxygens (including phenoxy) is 1. The van der Waals surface area contributed by atoms with Gasteiger partial charge in [0.2, 0.25) is 0 Å². The molecular formula is C14H14N4O. The molecule has 0 saturated heterocycles. The zero-order valence-electron chi connectivity index (χ0n) is 10.6. The summed E-state index contributed by atoms with van der Waals surface area (Å²) in [4.78, 5) is 0. The molecule has 0 unspecified atom stereocenters. The Hall–Kier alpha value is -2.56. The summed E-state index contributed by atoms with van der Waals surface area (Å²) >= 11 is 0. The molecule has 0 atom stereocenters. The number of aromatic nitrogens is 3. The van der Waals surface area contributed by atoms with E-state index in [1.165, 1.54) is 0 Å². The Bertz CT molecular complexity index is 720. The van der Waals surface area contributed by atoms with Gasteiger partial charge in [0.1, 0.15) is 11.6 Å². The maximum atomic E-state index is 5.79. The van der Waals surface area contributed by atoms with Crippen molar-refractivity contribution < 1.29 is 4.74 Å². The molecule has 0 spiro atoms. The van der Waals surface area contributed by atoms with Crippen LogP contribution in [0.1, 0.15) is 11.4 Å². The quantitative estimate of drug-likeness (QED) is 0.775. The maximum Gasteiger partial charge on any atom is 0.160 e. The highest BCUT2D eigenvalue weighted by atomic mass is 16.5. The standard InChI is InChI=1S/C14H14N4O/c1-19-12-4-2-3-10(7-12)8-14-17-16-13-6-5-11(15)9-18(13)14/h2-7,9H,8,15H2,1H3. The van der Waals surface area contributed by atoms with E-state index in [1.54, 1.807) is 7.11 Å². The number of methoxy groups -OCH3 is 1. The van der Waals surface area contributed by atoms with Gasteiger partial charge >= 0.3 is 0 Å². The van der Waals surface area contributed by atoms with Crippen molar-refractivity contribution in [2.24, 2.45) is 0 Å². The highest BCUT2D eigenvalue weighted by Crippen LogP contribution is 2.16. The lowest BCUT2D eigenvalue weighted by Gasteiger charge is -2.04. The number of rotatable bonds is 3. The van der Waals surface area contributed by atoms with Gasteiger partial charge in [0.05, 0.1) is 7.11 Å². The van der Waals surface area contributed by atoms with Gasteiger partial charge < -0.3 is 10.5 Å². The van der Waals surface area contributed by atoms with Gasteiger partial charge in [0.25, 0.3) is 0 Å². The Morgan fingerprint density at radius 1 is 1.21 bits per heavy atom. The van der Waals surface area contributed by atoms with Crippen molar-refractivity contribution in [2.45, 2.75) is 6.42 Å². The van der Waals surface area contributed by atoms with E-state index in [0.29, 0.717) is 12.1 Å². The molecule has 5 heteroatoms. The van der Waals surface area contributed by atoms with Crippen LogP contribution in [-0.2, 0) is 6.42 Å². The van der Waals surface area contributed by atoms with Crippen LogP contribution in [0.25, 0.3) is 5.65 Å². The van der Waals surface area contributed by atoms with Crippen LogP contribution >= 0.6 is 0 Å². The molecule has 2 aromatic heterocycles. The first-order valence-electron chi connectivity index (χ1n) is 5.98. The summed E-state index contributed by atoms with van der Waals surface area (Å²) in [7, 11) is 1.66. The van der Waals surface area contributed by atoms with Gasteiger partial charge in [0.15, 0.2) is 5.65 Å². The first-order valence-corrected chi connectivity index (χ1v) is 5.98. The Morgan fingerprint density at radius 2 is 2.11 bits per heavy atom. The molecule has 96 valence electrons. The van der Waals surface area contributed by atoms with Crippen molar-refractivity contribution in [3.05, 3.63) is 54.0 Å². The Morgan fingerprint density at radius 3 is 2.95 bits per heavy atom. The minimum Gasteiger partial charge on any atom is -0.497 e. The molecule has 2 N–H and O–H groups in total. The van der Waals surface area contributed by atoms with E-state index in [2.05, 4.69) is 10.2 Å². The second kappa shape index (κ2) is 4.61. The van der Waals surface area contributed by atoms with Crippen LogP contribution < -0.4 is 10.5 Å². The first kappa shape index (κ1) is 11.5. The summed E-state index contributed by atoms with van der Waals surface area (Å²) in [6.07, 6.45) is 2.52. The molecule has 0 aliphatic rings. The number of nitrogens with zero attached hydrogens (tertiary/aromatic N) is 3. The highest BCUT2D eigenvalue weighted by molar-refractivity contribution is 5.47. The normalized spacial score (nSPS) is 10.8. The fourth-order valence-electron chi connectivity index (χ4n) is 2.04. The lowest BCUT2D eigenvalue weighted by molar-refractivity contribution is 0.414. The number of anilines is 1. The average Bonchev–Trinajstić information content (AvgIpc) is 2.81. The van der Waals surface area contributed by atoms with E-state index in [-0.39, 0.29) is 0 Å². The van der Waals surface area contributed by atoms with Crippen molar-refractivity contribution in [3.8, 4) is 5.75 Å². The van der Waals surface area contributed by atoms with Gasteiger partial charge in [-0.3, -0.25) is 4.40 Å². The van der Waals surface area contributed by atoms with Gasteiger partial charge in [-0.2, -0.15) is 0 Å². The minimum atomic E-state index is 0.682. The van der Waals surface area contributed by atoms with E-state index in [9.17, 15) is 0 Å². The van der Waals surface area contributed by atoms with Gasteiger partial charge in [-0.05, 0) is 29.8 Å². The largest absolute Gasteiger partial charge is 0.497 e. The zero-order valence-corrected chi connectivity index (χ0v) is 10.6.